The summed E-state index contributed by atoms with van der Waals surface area (Å²) >= 11 is 5.98. The van der Waals surface area contributed by atoms with Crippen LogP contribution in [0.1, 0.15) is 31.7 Å². The van der Waals surface area contributed by atoms with Crippen LogP contribution < -0.4 is 5.32 Å². The second kappa shape index (κ2) is 7.24. The van der Waals surface area contributed by atoms with Gasteiger partial charge in [0.1, 0.15) is 12.5 Å². The van der Waals surface area contributed by atoms with Crippen LogP contribution in [-0.4, -0.2) is 27.9 Å². The quantitative estimate of drug-likeness (QED) is 0.794. The number of benzene rings is 1. The molecule has 1 aliphatic heterocycles. The van der Waals surface area contributed by atoms with Crippen LogP contribution in [0.3, 0.4) is 0 Å². The zero-order valence-electron chi connectivity index (χ0n) is 15.1. The van der Waals surface area contributed by atoms with Crippen molar-refractivity contribution in [3.63, 3.8) is 0 Å². The zero-order chi connectivity index (χ0) is 19.0. The van der Waals surface area contributed by atoms with Gasteiger partial charge in [-0.3, -0.25) is 4.79 Å². The Morgan fingerprint density at radius 1 is 1.26 bits per heavy atom. The molecule has 0 saturated heterocycles. The van der Waals surface area contributed by atoms with Crippen molar-refractivity contribution in [2.45, 2.75) is 32.7 Å². The predicted molar refractivity (Wildman–Crippen MR) is 105 cm³/mol. The van der Waals surface area contributed by atoms with E-state index in [0.29, 0.717) is 29.6 Å². The normalized spacial score (nSPS) is 21.6. The Kier molecular flexibility index (Phi) is 4.79. The first-order chi connectivity index (χ1) is 13.0. The number of hydrogen-bond donors (Lipinski definition) is 1. The van der Waals surface area contributed by atoms with Gasteiger partial charge < -0.3 is 5.32 Å². The summed E-state index contributed by atoms with van der Waals surface area (Å²) in [6, 6.07) is 7.53. The SMILES string of the molecule is CCC(=O)NC1=CC2C(=O)[N+](Cc3ccc(Cl)cc3)=C(C3CC3)N=C2C=C1. The van der Waals surface area contributed by atoms with Gasteiger partial charge in [0.25, 0.3) is 0 Å². The highest BCUT2D eigenvalue weighted by Gasteiger charge is 2.45. The molecule has 1 unspecified atom stereocenters. The van der Waals surface area contributed by atoms with Gasteiger partial charge in [-0.05, 0) is 53.8 Å². The van der Waals surface area contributed by atoms with E-state index in [1.807, 2.05) is 36.4 Å². The number of amides is 2. The Balaban J connectivity index is 1.66. The molecule has 2 amide bonds. The first-order valence-electron chi connectivity index (χ1n) is 9.26. The summed E-state index contributed by atoms with van der Waals surface area (Å²) in [6.45, 7) is 2.27. The lowest BCUT2D eigenvalue weighted by Crippen LogP contribution is -2.41. The summed E-state index contributed by atoms with van der Waals surface area (Å²) < 4.78 is 1.80. The number of rotatable bonds is 5. The first-order valence-corrected chi connectivity index (χ1v) is 9.64. The van der Waals surface area contributed by atoms with Gasteiger partial charge in [0.15, 0.2) is 5.71 Å². The molecule has 4 rings (SSSR count). The fourth-order valence-corrected chi connectivity index (χ4v) is 3.42. The van der Waals surface area contributed by atoms with E-state index in [4.69, 9.17) is 16.6 Å². The van der Waals surface area contributed by atoms with Crippen LogP contribution in [0.25, 0.3) is 0 Å². The van der Waals surface area contributed by atoms with Gasteiger partial charge >= 0.3 is 11.7 Å². The summed E-state index contributed by atoms with van der Waals surface area (Å²) in [5.74, 6) is 0.688. The maximum atomic E-state index is 13.3. The van der Waals surface area contributed by atoms with E-state index in [1.54, 1.807) is 17.6 Å². The lowest BCUT2D eigenvalue weighted by molar-refractivity contribution is -0.469. The number of aliphatic imine (C=N–C) groups is 1. The maximum absolute atomic E-state index is 13.3. The van der Waals surface area contributed by atoms with E-state index in [1.165, 1.54) is 0 Å². The fraction of sp³-hybridized carbons (Fsp3) is 0.333. The van der Waals surface area contributed by atoms with E-state index in [9.17, 15) is 9.59 Å². The van der Waals surface area contributed by atoms with E-state index in [2.05, 4.69) is 5.32 Å². The number of hydrogen-bond acceptors (Lipinski definition) is 3. The van der Waals surface area contributed by atoms with Gasteiger partial charge in [-0.15, -0.1) is 0 Å². The van der Waals surface area contributed by atoms with E-state index in [0.717, 1.165) is 30.0 Å². The molecular formula is C21H21ClN3O2+. The molecule has 27 heavy (non-hydrogen) atoms. The third-order valence-corrected chi connectivity index (χ3v) is 5.20. The molecule has 1 atom stereocenters. The first kappa shape index (κ1) is 17.9. The maximum Gasteiger partial charge on any atom is 0.325 e. The van der Waals surface area contributed by atoms with Crippen molar-refractivity contribution in [3.8, 4) is 0 Å². The van der Waals surface area contributed by atoms with Crippen molar-refractivity contribution < 1.29 is 14.2 Å². The number of carbonyl (C=O) groups excluding carboxylic acids is 2. The van der Waals surface area contributed by atoms with Crippen LogP contribution in [0.4, 0.5) is 0 Å². The average molecular weight is 383 g/mol. The molecular weight excluding hydrogens is 362 g/mol. The number of allylic oxidation sites excluding steroid dienone is 2. The Labute approximate surface area is 163 Å². The van der Waals surface area contributed by atoms with Crippen LogP contribution >= 0.6 is 11.6 Å². The monoisotopic (exact) mass is 382 g/mol. The Bertz CT molecular complexity index is 921. The second-order valence-electron chi connectivity index (χ2n) is 7.05. The summed E-state index contributed by atoms with van der Waals surface area (Å²) in [5.41, 5.74) is 2.42. The van der Waals surface area contributed by atoms with Crippen molar-refractivity contribution in [2.24, 2.45) is 16.8 Å². The molecule has 1 aromatic rings. The smallest absolute Gasteiger partial charge is 0.325 e. The molecule has 0 radical (unpaired) electrons. The van der Waals surface area contributed by atoms with Gasteiger partial charge in [-0.25, -0.2) is 4.79 Å². The van der Waals surface area contributed by atoms with Crippen LogP contribution in [0, 0.1) is 11.8 Å². The highest BCUT2D eigenvalue weighted by atomic mass is 35.5. The van der Waals surface area contributed by atoms with Crippen molar-refractivity contribution in [1.82, 2.24) is 5.32 Å². The van der Waals surface area contributed by atoms with Gasteiger partial charge in [0.05, 0.1) is 5.92 Å². The molecule has 6 heteroatoms. The number of carbonyl (C=O) groups is 2. The number of amidine groups is 1. The third kappa shape index (κ3) is 3.78. The van der Waals surface area contributed by atoms with Crippen molar-refractivity contribution in [3.05, 3.63) is 58.8 Å². The number of halogens is 1. The highest BCUT2D eigenvalue weighted by molar-refractivity contribution is 6.30. The summed E-state index contributed by atoms with van der Waals surface area (Å²) in [7, 11) is 0. The zero-order valence-corrected chi connectivity index (χ0v) is 15.9. The topological polar surface area (TPSA) is 61.5 Å². The number of fused-ring (bicyclic) bond motifs is 1. The van der Waals surface area contributed by atoms with Gasteiger partial charge in [-0.1, -0.05) is 30.7 Å². The summed E-state index contributed by atoms with van der Waals surface area (Å²) in [4.78, 5) is 29.8. The molecule has 1 heterocycles. The molecule has 0 bridgehead atoms. The molecule has 0 aromatic heterocycles. The van der Waals surface area contributed by atoms with E-state index >= 15 is 0 Å². The minimum Gasteiger partial charge on any atom is -0.326 e. The van der Waals surface area contributed by atoms with Crippen LogP contribution in [0.2, 0.25) is 5.02 Å². The molecule has 1 fully saturated rings. The second-order valence-corrected chi connectivity index (χ2v) is 7.49. The molecule has 2 aliphatic carbocycles. The fourth-order valence-electron chi connectivity index (χ4n) is 3.29. The molecule has 1 aromatic carbocycles. The van der Waals surface area contributed by atoms with Crippen molar-refractivity contribution in [2.75, 3.05) is 0 Å². The molecule has 5 nitrogen and oxygen atoms in total. The molecule has 3 aliphatic rings. The Morgan fingerprint density at radius 3 is 2.67 bits per heavy atom. The summed E-state index contributed by atoms with van der Waals surface area (Å²) in [6.07, 6.45) is 7.99. The van der Waals surface area contributed by atoms with E-state index < -0.39 is 5.92 Å². The third-order valence-electron chi connectivity index (χ3n) is 4.95. The van der Waals surface area contributed by atoms with Gasteiger partial charge in [0.2, 0.25) is 5.91 Å². The standard InChI is InChI=1S/C21H20ClN3O2/c1-2-19(26)23-16-9-10-18-17(11-16)21(27)25(20(24-18)14-5-6-14)12-13-3-7-15(22)8-4-13/h3-4,7-11,14,17H,2,5-6,12H2,1H3/p+1. The summed E-state index contributed by atoms with van der Waals surface area (Å²) in [5, 5.41) is 3.50. The largest absolute Gasteiger partial charge is 0.326 e. The molecule has 1 saturated carbocycles. The Hall–Kier alpha value is -2.53. The molecule has 138 valence electrons. The van der Waals surface area contributed by atoms with Crippen molar-refractivity contribution in [1.29, 1.82) is 0 Å². The van der Waals surface area contributed by atoms with E-state index in [-0.39, 0.29) is 11.8 Å². The number of nitrogens with one attached hydrogen (secondary N) is 1. The van der Waals surface area contributed by atoms with Crippen molar-refractivity contribution >= 4 is 35.0 Å². The van der Waals surface area contributed by atoms with Gasteiger partial charge in [-0.2, -0.15) is 4.58 Å². The highest BCUT2D eigenvalue weighted by Crippen LogP contribution is 2.34. The minimum atomic E-state index is -0.461. The minimum absolute atomic E-state index is 0.00412. The predicted octanol–water partition coefficient (Wildman–Crippen LogP) is 3.24. The van der Waals surface area contributed by atoms with Gasteiger partial charge in [0, 0.05) is 17.1 Å². The number of nitrogens with zero attached hydrogens (tertiary/aromatic N) is 2. The molecule has 1 N–H and O–H groups in total. The lowest BCUT2D eigenvalue weighted by Gasteiger charge is -2.20. The van der Waals surface area contributed by atoms with Crippen LogP contribution in [0.5, 0.6) is 0 Å². The average Bonchev–Trinajstić information content (AvgIpc) is 3.51. The van der Waals surface area contributed by atoms with Crippen LogP contribution in [-0.2, 0) is 16.1 Å². The van der Waals surface area contributed by atoms with Crippen LogP contribution in [0.15, 0.2) is 53.2 Å². The Morgan fingerprint density at radius 2 is 2.00 bits per heavy atom. The lowest BCUT2D eigenvalue weighted by atomic mass is 9.93. The molecule has 0 spiro atoms.